The molecule has 2 heterocycles. The Kier molecular flexibility index (Phi) is 6.65. The van der Waals surface area contributed by atoms with Crippen molar-refractivity contribution in [3.05, 3.63) is 45.8 Å². The number of ether oxygens (including phenoxy) is 1. The molecule has 182 valence electrons. The molecule has 1 fully saturated rings. The van der Waals surface area contributed by atoms with Gasteiger partial charge in [-0.3, -0.25) is 9.59 Å². The number of nitrogens with zero attached hydrogens (tertiary/aromatic N) is 2. The van der Waals surface area contributed by atoms with E-state index in [-0.39, 0.29) is 35.2 Å². The summed E-state index contributed by atoms with van der Waals surface area (Å²) in [6.07, 6.45) is 1.68. The lowest BCUT2D eigenvalue weighted by Crippen LogP contribution is -2.36. The maximum atomic E-state index is 12.9. The van der Waals surface area contributed by atoms with Crippen LogP contribution in [0.15, 0.2) is 29.2 Å². The molecule has 2 aromatic rings. The number of rotatable bonds is 7. The summed E-state index contributed by atoms with van der Waals surface area (Å²) < 4.78 is 31.8. The zero-order chi connectivity index (χ0) is 24.6. The number of hydrogen-bond acceptors (Lipinski definition) is 7. The van der Waals surface area contributed by atoms with E-state index in [1.807, 2.05) is 0 Å². The van der Waals surface area contributed by atoms with Gasteiger partial charge >= 0.3 is 6.09 Å². The third kappa shape index (κ3) is 4.65. The molecule has 34 heavy (non-hydrogen) atoms. The highest BCUT2D eigenvalue weighted by Crippen LogP contribution is 2.37. The molecule has 1 aromatic heterocycles. The first-order valence-corrected chi connectivity index (χ1v) is 13.1. The lowest BCUT2D eigenvalue weighted by Gasteiger charge is -2.26. The molecule has 0 radical (unpaired) electrons. The van der Waals surface area contributed by atoms with Gasteiger partial charge in [0, 0.05) is 30.1 Å². The number of nitrogens with one attached hydrogen (secondary N) is 1. The zero-order valence-electron chi connectivity index (χ0n) is 18.9. The van der Waals surface area contributed by atoms with Crippen LogP contribution in [-0.4, -0.2) is 61.8 Å². The van der Waals surface area contributed by atoms with Crippen LogP contribution < -0.4 is 11.1 Å². The van der Waals surface area contributed by atoms with E-state index in [4.69, 9.17) is 10.5 Å². The van der Waals surface area contributed by atoms with Crippen LogP contribution in [0.2, 0.25) is 0 Å². The Morgan fingerprint density at radius 1 is 1.24 bits per heavy atom. The largest absolute Gasteiger partial charge is 0.450 e. The highest BCUT2D eigenvalue weighted by molar-refractivity contribution is 7.89. The molecule has 4 rings (SSSR count). The van der Waals surface area contributed by atoms with E-state index in [0.717, 1.165) is 23.3 Å². The van der Waals surface area contributed by atoms with Crippen molar-refractivity contribution in [3.63, 3.8) is 0 Å². The molecule has 0 saturated heterocycles. The minimum atomic E-state index is -3.61. The van der Waals surface area contributed by atoms with Crippen molar-refractivity contribution in [2.24, 2.45) is 5.73 Å². The normalized spacial score (nSPS) is 15.7. The highest BCUT2D eigenvalue weighted by atomic mass is 32.2. The van der Waals surface area contributed by atoms with E-state index in [1.165, 1.54) is 44.8 Å². The molecule has 2 aliphatic rings. The van der Waals surface area contributed by atoms with Crippen LogP contribution >= 0.6 is 11.3 Å². The molecule has 1 aliphatic carbocycles. The predicted octanol–water partition coefficient (Wildman–Crippen LogP) is 2.40. The molecule has 1 aliphatic heterocycles. The van der Waals surface area contributed by atoms with Gasteiger partial charge < -0.3 is 20.7 Å². The van der Waals surface area contributed by atoms with E-state index in [2.05, 4.69) is 5.32 Å². The number of primary amides is 1. The number of thiophene rings is 1. The average Bonchev–Trinajstić information content (AvgIpc) is 3.59. The van der Waals surface area contributed by atoms with Gasteiger partial charge in [0.25, 0.3) is 11.8 Å². The number of carbonyl (C=O) groups is 3. The number of hydrogen-bond donors (Lipinski definition) is 2. The summed E-state index contributed by atoms with van der Waals surface area (Å²) in [7, 11) is -2.06. The van der Waals surface area contributed by atoms with Crippen molar-refractivity contribution < 1.29 is 27.5 Å². The second kappa shape index (κ2) is 9.35. The van der Waals surface area contributed by atoms with Crippen LogP contribution in [-0.2, 0) is 27.7 Å². The summed E-state index contributed by atoms with van der Waals surface area (Å²) in [5.41, 5.74) is 6.80. The second-order valence-corrected chi connectivity index (χ2v) is 11.3. The Bertz CT molecular complexity index is 1230. The lowest BCUT2D eigenvalue weighted by atomic mass is 10.0. The minimum Gasteiger partial charge on any atom is -0.450 e. The number of benzene rings is 1. The third-order valence-electron chi connectivity index (χ3n) is 5.91. The summed E-state index contributed by atoms with van der Waals surface area (Å²) in [4.78, 5) is 39.5. The van der Waals surface area contributed by atoms with Gasteiger partial charge in [0.2, 0.25) is 10.0 Å². The van der Waals surface area contributed by atoms with E-state index in [9.17, 15) is 22.8 Å². The number of sulfonamides is 1. The molecule has 0 unspecified atom stereocenters. The highest BCUT2D eigenvalue weighted by Gasteiger charge is 2.35. The number of carbonyl (C=O) groups excluding carboxylic acids is 3. The Hall–Kier alpha value is -2.96. The standard InChI is InChI=1S/C22H26N4O6S2/c1-3-32-22(29)26-11-10-16-17(12-26)33-21(18(16)19(23)27)24-20(28)13-4-8-15(9-5-13)34(30,31)25(2)14-6-7-14/h4-5,8-9,14H,3,6-7,10-12H2,1-2H3,(H2,23,27)(H,24,28). The minimum absolute atomic E-state index is 0.0322. The number of anilines is 1. The van der Waals surface area contributed by atoms with Crippen LogP contribution in [0, 0.1) is 0 Å². The summed E-state index contributed by atoms with van der Waals surface area (Å²) >= 11 is 1.19. The van der Waals surface area contributed by atoms with Gasteiger partial charge in [0.15, 0.2) is 0 Å². The van der Waals surface area contributed by atoms with Gasteiger partial charge in [-0.15, -0.1) is 11.3 Å². The predicted molar refractivity (Wildman–Crippen MR) is 126 cm³/mol. The summed E-state index contributed by atoms with van der Waals surface area (Å²) in [5, 5.41) is 3.03. The molecule has 12 heteroatoms. The van der Waals surface area contributed by atoms with E-state index >= 15 is 0 Å². The molecule has 0 bridgehead atoms. The monoisotopic (exact) mass is 506 g/mol. The van der Waals surface area contributed by atoms with Crippen LogP contribution in [0.3, 0.4) is 0 Å². The first-order chi connectivity index (χ1) is 16.1. The average molecular weight is 507 g/mol. The molecular formula is C22H26N4O6S2. The molecule has 3 amide bonds. The first kappa shape index (κ1) is 24.2. The van der Waals surface area contributed by atoms with Crippen LogP contribution in [0.1, 0.15) is 50.9 Å². The fraction of sp³-hybridized carbons (Fsp3) is 0.409. The molecule has 0 atom stereocenters. The van der Waals surface area contributed by atoms with Crippen molar-refractivity contribution in [3.8, 4) is 0 Å². The van der Waals surface area contributed by atoms with Crippen molar-refractivity contribution >= 4 is 44.3 Å². The van der Waals surface area contributed by atoms with E-state index in [1.54, 1.807) is 14.0 Å². The molecular weight excluding hydrogens is 480 g/mol. The topological polar surface area (TPSA) is 139 Å². The van der Waals surface area contributed by atoms with Crippen molar-refractivity contribution in [2.45, 2.75) is 43.7 Å². The molecule has 0 spiro atoms. The third-order valence-corrected chi connectivity index (χ3v) is 8.97. The quantitative estimate of drug-likeness (QED) is 0.591. The summed E-state index contributed by atoms with van der Waals surface area (Å²) in [6.45, 7) is 2.62. The molecule has 1 saturated carbocycles. The maximum Gasteiger partial charge on any atom is 0.410 e. The smallest absolute Gasteiger partial charge is 0.410 e. The van der Waals surface area contributed by atoms with Gasteiger partial charge in [0.1, 0.15) is 5.00 Å². The Labute approximate surface area is 201 Å². The van der Waals surface area contributed by atoms with Crippen molar-refractivity contribution in [1.29, 1.82) is 0 Å². The van der Waals surface area contributed by atoms with Gasteiger partial charge in [-0.25, -0.2) is 13.2 Å². The fourth-order valence-electron chi connectivity index (χ4n) is 3.88. The zero-order valence-corrected chi connectivity index (χ0v) is 20.5. The Morgan fingerprint density at radius 3 is 2.50 bits per heavy atom. The SMILES string of the molecule is CCOC(=O)N1CCc2c(sc(NC(=O)c3ccc(S(=O)(=O)N(C)C4CC4)cc3)c2C(N)=O)C1. The molecule has 10 nitrogen and oxygen atoms in total. The van der Waals surface area contributed by atoms with Crippen LogP contribution in [0.4, 0.5) is 9.80 Å². The van der Waals surface area contributed by atoms with Gasteiger partial charge in [-0.05, 0) is 56.0 Å². The van der Waals surface area contributed by atoms with Crippen LogP contribution in [0.5, 0.6) is 0 Å². The number of fused-ring (bicyclic) bond motifs is 1. The van der Waals surface area contributed by atoms with Gasteiger partial charge in [-0.2, -0.15) is 4.31 Å². The molecule has 1 aromatic carbocycles. The maximum absolute atomic E-state index is 12.9. The van der Waals surface area contributed by atoms with E-state index in [0.29, 0.717) is 18.0 Å². The summed E-state index contributed by atoms with van der Waals surface area (Å²) in [6, 6.07) is 5.69. The lowest BCUT2D eigenvalue weighted by molar-refractivity contribution is 0.0997. The Balaban J connectivity index is 1.53. The summed E-state index contributed by atoms with van der Waals surface area (Å²) in [5.74, 6) is -1.16. The Morgan fingerprint density at radius 2 is 1.91 bits per heavy atom. The van der Waals surface area contributed by atoms with Crippen molar-refractivity contribution in [1.82, 2.24) is 9.21 Å². The molecule has 3 N–H and O–H groups in total. The second-order valence-electron chi connectivity index (χ2n) is 8.17. The van der Waals surface area contributed by atoms with Gasteiger partial charge in [-0.1, -0.05) is 0 Å². The van der Waals surface area contributed by atoms with Crippen LogP contribution in [0.25, 0.3) is 0 Å². The van der Waals surface area contributed by atoms with Gasteiger partial charge in [0.05, 0.1) is 23.6 Å². The number of nitrogens with two attached hydrogens (primary N) is 1. The van der Waals surface area contributed by atoms with E-state index < -0.39 is 27.9 Å². The first-order valence-electron chi connectivity index (χ1n) is 10.9. The van der Waals surface area contributed by atoms with Crippen molar-refractivity contribution in [2.75, 3.05) is 25.5 Å². The number of amides is 3. The fourth-order valence-corrected chi connectivity index (χ4v) is 6.56.